The normalized spacial score (nSPS) is 20.5. The summed E-state index contributed by atoms with van der Waals surface area (Å²) in [5, 5.41) is 27.4. The predicted molar refractivity (Wildman–Crippen MR) is 112 cm³/mol. The number of likely N-dealkylation sites (tertiary alicyclic amines) is 1. The van der Waals surface area contributed by atoms with Gasteiger partial charge in [0.15, 0.2) is 0 Å². The van der Waals surface area contributed by atoms with E-state index < -0.39 is 17.5 Å². The van der Waals surface area contributed by atoms with Gasteiger partial charge in [-0.3, -0.25) is 14.4 Å². The highest BCUT2D eigenvalue weighted by atomic mass is 16.4. The van der Waals surface area contributed by atoms with Gasteiger partial charge in [0.25, 0.3) is 6.47 Å². The van der Waals surface area contributed by atoms with Crippen LogP contribution in [-0.4, -0.2) is 67.7 Å². The Morgan fingerprint density at radius 2 is 2.00 bits per heavy atom. The van der Waals surface area contributed by atoms with Crippen LogP contribution < -0.4 is 0 Å². The zero-order valence-electron chi connectivity index (χ0n) is 17.5. The van der Waals surface area contributed by atoms with E-state index >= 15 is 0 Å². The fourth-order valence-electron chi connectivity index (χ4n) is 3.93. The second-order valence-electron chi connectivity index (χ2n) is 7.68. The number of aryl methyl sites for hydroxylation is 2. The Labute approximate surface area is 180 Å². The molecular weight excluding hydrogens is 402 g/mol. The molecule has 3 rings (SSSR count). The Hall–Kier alpha value is -3.20. The highest BCUT2D eigenvalue weighted by molar-refractivity contribution is 5.81. The van der Waals surface area contributed by atoms with Crippen LogP contribution in [0.2, 0.25) is 0 Å². The van der Waals surface area contributed by atoms with Gasteiger partial charge in [0.05, 0.1) is 24.5 Å². The second-order valence-corrected chi connectivity index (χ2v) is 7.68. The molecule has 31 heavy (non-hydrogen) atoms. The number of aliphatic hydroxyl groups is 1. The van der Waals surface area contributed by atoms with Crippen LogP contribution in [0.1, 0.15) is 36.2 Å². The standard InChI is InChI=1S/C21H27N3O4.CH2O2/c1-15-17(23-14-22-15)12-19(26)24-11-9-18(25)21(13-24,20(27)28)10-5-8-16-6-3-2-4-7-16;2-1-3/h2-4,6-7,14,18,25H,5,8-13H2,1H3,(H,22,23)(H,27,28);1H,(H,2,3)/t18-,21-;/m1./s1. The molecule has 0 unspecified atom stereocenters. The van der Waals surface area contributed by atoms with E-state index in [2.05, 4.69) is 9.97 Å². The lowest BCUT2D eigenvalue weighted by Crippen LogP contribution is -2.57. The summed E-state index contributed by atoms with van der Waals surface area (Å²) in [7, 11) is 0. The Morgan fingerprint density at radius 3 is 2.58 bits per heavy atom. The molecule has 1 aliphatic rings. The minimum atomic E-state index is -1.33. The number of piperidine rings is 1. The van der Waals surface area contributed by atoms with Crippen LogP contribution >= 0.6 is 0 Å². The molecule has 0 radical (unpaired) electrons. The van der Waals surface area contributed by atoms with Crippen molar-refractivity contribution in [3.8, 4) is 0 Å². The van der Waals surface area contributed by atoms with Crippen LogP contribution in [0.3, 0.4) is 0 Å². The Kier molecular flexibility index (Phi) is 8.75. The summed E-state index contributed by atoms with van der Waals surface area (Å²) in [5.41, 5.74) is 1.30. The van der Waals surface area contributed by atoms with E-state index in [0.29, 0.717) is 25.1 Å². The topological polar surface area (TPSA) is 144 Å². The van der Waals surface area contributed by atoms with Gasteiger partial charge in [-0.1, -0.05) is 30.3 Å². The van der Waals surface area contributed by atoms with Crippen molar-refractivity contribution in [1.82, 2.24) is 14.9 Å². The van der Waals surface area contributed by atoms with Gasteiger partial charge in [0.2, 0.25) is 5.91 Å². The van der Waals surface area contributed by atoms with E-state index in [1.807, 2.05) is 37.3 Å². The van der Waals surface area contributed by atoms with Gasteiger partial charge in [-0.05, 0) is 38.2 Å². The molecule has 1 aromatic heterocycles. The number of H-pyrrole nitrogens is 1. The number of amides is 1. The van der Waals surface area contributed by atoms with E-state index in [1.165, 1.54) is 0 Å². The van der Waals surface area contributed by atoms with E-state index in [4.69, 9.17) is 9.90 Å². The third-order valence-electron chi connectivity index (χ3n) is 5.75. The number of aliphatic carboxylic acids is 1. The monoisotopic (exact) mass is 431 g/mol. The quantitative estimate of drug-likeness (QED) is 0.488. The van der Waals surface area contributed by atoms with Crippen LogP contribution in [0, 0.1) is 12.3 Å². The van der Waals surface area contributed by atoms with Crippen LogP contribution in [-0.2, 0) is 27.2 Å². The van der Waals surface area contributed by atoms with Crippen LogP contribution in [0.4, 0.5) is 0 Å². The minimum absolute atomic E-state index is 0.0284. The molecule has 1 aromatic carbocycles. The molecule has 1 amide bonds. The molecule has 0 spiro atoms. The van der Waals surface area contributed by atoms with Crippen LogP contribution in [0.25, 0.3) is 0 Å². The van der Waals surface area contributed by atoms with Crippen molar-refractivity contribution in [1.29, 1.82) is 0 Å². The molecule has 168 valence electrons. The van der Waals surface area contributed by atoms with Gasteiger partial charge >= 0.3 is 5.97 Å². The molecule has 2 atom stereocenters. The van der Waals surface area contributed by atoms with Gasteiger partial charge in [-0.25, -0.2) is 4.98 Å². The number of benzene rings is 1. The molecule has 9 nitrogen and oxygen atoms in total. The minimum Gasteiger partial charge on any atom is -0.483 e. The van der Waals surface area contributed by atoms with E-state index in [1.54, 1.807) is 11.2 Å². The first-order valence-electron chi connectivity index (χ1n) is 10.1. The van der Waals surface area contributed by atoms with Crippen LogP contribution in [0.5, 0.6) is 0 Å². The number of aromatic nitrogens is 2. The maximum Gasteiger partial charge on any atom is 0.314 e. The van der Waals surface area contributed by atoms with Gasteiger partial charge in [-0.2, -0.15) is 0 Å². The average Bonchev–Trinajstić information content (AvgIpc) is 3.15. The lowest BCUT2D eigenvalue weighted by molar-refractivity contribution is -0.166. The Balaban J connectivity index is 0.00000107. The Bertz CT molecular complexity index is 869. The lowest BCUT2D eigenvalue weighted by atomic mass is 9.73. The van der Waals surface area contributed by atoms with Gasteiger partial charge in [-0.15, -0.1) is 0 Å². The van der Waals surface area contributed by atoms with Crippen molar-refractivity contribution in [2.75, 3.05) is 13.1 Å². The SMILES string of the molecule is Cc1[nH]cnc1CC(=O)N1CC[C@@H](O)[C@](CCCc2ccccc2)(C(=O)O)C1.O=CO. The van der Waals surface area contributed by atoms with Crippen molar-refractivity contribution in [3.63, 3.8) is 0 Å². The number of nitrogens with one attached hydrogen (secondary N) is 1. The van der Waals surface area contributed by atoms with E-state index in [-0.39, 0.29) is 31.8 Å². The molecular formula is C22H29N3O6. The zero-order valence-corrected chi connectivity index (χ0v) is 17.5. The molecule has 1 fully saturated rings. The molecule has 4 N–H and O–H groups in total. The number of hydrogen-bond donors (Lipinski definition) is 4. The number of carboxylic acid groups (broad SMARTS) is 2. The first-order chi connectivity index (χ1) is 14.8. The van der Waals surface area contributed by atoms with Crippen molar-refractivity contribution in [2.45, 2.75) is 45.1 Å². The zero-order chi connectivity index (χ0) is 22.9. The number of aromatic amines is 1. The molecule has 0 aliphatic carbocycles. The van der Waals surface area contributed by atoms with Crippen molar-refractivity contribution in [2.24, 2.45) is 5.41 Å². The molecule has 2 heterocycles. The smallest absolute Gasteiger partial charge is 0.314 e. The maximum atomic E-state index is 12.7. The highest BCUT2D eigenvalue weighted by Gasteiger charge is 2.49. The molecule has 0 bridgehead atoms. The molecule has 1 saturated heterocycles. The van der Waals surface area contributed by atoms with Crippen molar-refractivity contribution < 1.29 is 29.7 Å². The first-order valence-corrected chi connectivity index (χ1v) is 10.1. The number of carbonyl (C=O) groups excluding carboxylic acids is 1. The molecule has 9 heteroatoms. The average molecular weight is 431 g/mol. The summed E-state index contributed by atoms with van der Waals surface area (Å²) in [5.74, 6) is -1.20. The number of hydrogen-bond acceptors (Lipinski definition) is 5. The van der Waals surface area contributed by atoms with Gasteiger partial charge in [0.1, 0.15) is 5.41 Å². The third-order valence-corrected chi connectivity index (χ3v) is 5.75. The highest BCUT2D eigenvalue weighted by Crippen LogP contribution is 2.36. The summed E-state index contributed by atoms with van der Waals surface area (Å²) < 4.78 is 0. The number of nitrogens with zero attached hydrogens (tertiary/aromatic N) is 2. The van der Waals surface area contributed by atoms with Gasteiger partial charge < -0.3 is 25.2 Å². The predicted octanol–water partition coefficient (Wildman–Crippen LogP) is 1.65. The number of aliphatic hydroxyl groups excluding tert-OH is 1. The van der Waals surface area contributed by atoms with E-state index in [0.717, 1.165) is 17.7 Å². The molecule has 2 aromatic rings. The fraction of sp³-hybridized carbons (Fsp3) is 0.455. The molecule has 1 aliphatic heterocycles. The number of carbonyl (C=O) groups is 3. The number of rotatable bonds is 7. The molecule has 0 saturated carbocycles. The lowest BCUT2D eigenvalue weighted by Gasteiger charge is -2.43. The van der Waals surface area contributed by atoms with E-state index in [9.17, 15) is 19.8 Å². The summed E-state index contributed by atoms with van der Waals surface area (Å²) in [6, 6.07) is 9.86. The van der Waals surface area contributed by atoms with Crippen molar-refractivity contribution in [3.05, 3.63) is 53.6 Å². The Morgan fingerprint density at radius 1 is 1.32 bits per heavy atom. The summed E-state index contributed by atoms with van der Waals surface area (Å²) in [6.07, 6.45) is 2.68. The fourth-order valence-corrected chi connectivity index (χ4v) is 3.93. The largest absolute Gasteiger partial charge is 0.483 e. The van der Waals surface area contributed by atoms with Gasteiger partial charge in [0, 0.05) is 18.8 Å². The summed E-state index contributed by atoms with van der Waals surface area (Å²) in [4.78, 5) is 41.9. The number of carboxylic acids is 1. The third kappa shape index (κ3) is 6.14. The van der Waals surface area contributed by atoms with Crippen molar-refractivity contribution >= 4 is 18.3 Å². The first kappa shape index (κ1) is 24.1. The summed E-state index contributed by atoms with van der Waals surface area (Å²) in [6.45, 7) is 1.98. The summed E-state index contributed by atoms with van der Waals surface area (Å²) >= 11 is 0. The van der Waals surface area contributed by atoms with Crippen LogP contribution in [0.15, 0.2) is 36.7 Å². The maximum absolute atomic E-state index is 12.7. The number of imidazole rings is 1. The second kappa shape index (κ2) is 11.3.